The van der Waals surface area contributed by atoms with Crippen molar-refractivity contribution >= 4 is 15.7 Å². The van der Waals surface area contributed by atoms with Gasteiger partial charge in [-0.1, -0.05) is 6.07 Å². The summed E-state index contributed by atoms with van der Waals surface area (Å²) in [6, 6.07) is 3.89. The van der Waals surface area contributed by atoms with Gasteiger partial charge < -0.3 is 5.73 Å². The second kappa shape index (κ2) is 4.09. The number of rotatable bonds is 2. The number of halogens is 1. The summed E-state index contributed by atoms with van der Waals surface area (Å²) in [5.74, 6) is -0.428. The van der Waals surface area contributed by atoms with Crippen LogP contribution in [0, 0.1) is 5.82 Å². The van der Waals surface area contributed by atoms with Gasteiger partial charge in [-0.25, -0.2) is 12.8 Å². The van der Waals surface area contributed by atoms with Crippen LogP contribution >= 0.6 is 0 Å². The highest BCUT2D eigenvalue weighted by atomic mass is 32.2. The molecule has 1 heterocycles. The molecule has 0 amide bonds. The molecule has 0 aliphatic carbocycles. The van der Waals surface area contributed by atoms with E-state index in [4.69, 9.17) is 5.73 Å². The number of hydrogen-bond acceptors (Lipinski definition) is 4. The molecule has 0 saturated carbocycles. The first-order chi connectivity index (χ1) is 8.32. The van der Waals surface area contributed by atoms with E-state index in [1.165, 1.54) is 29.1 Å². The number of benzene rings is 1. The maximum atomic E-state index is 13.9. The Labute approximate surface area is 104 Å². The molecule has 0 atom stereocenters. The molecule has 0 aliphatic rings. The van der Waals surface area contributed by atoms with Crippen LogP contribution < -0.4 is 5.73 Å². The fourth-order valence-electron chi connectivity index (χ4n) is 1.71. The Balaban J connectivity index is 2.83. The zero-order valence-corrected chi connectivity index (χ0v) is 10.7. The average Bonchev–Trinajstić information content (AvgIpc) is 2.59. The summed E-state index contributed by atoms with van der Waals surface area (Å²) in [7, 11) is -1.95. The Hall–Kier alpha value is -1.89. The molecule has 2 rings (SSSR count). The third-order valence-corrected chi connectivity index (χ3v) is 3.77. The highest BCUT2D eigenvalue weighted by Crippen LogP contribution is 2.33. The van der Waals surface area contributed by atoms with E-state index in [1.807, 2.05) is 0 Å². The molecule has 18 heavy (non-hydrogen) atoms. The van der Waals surface area contributed by atoms with Crippen molar-refractivity contribution in [1.82, 2.24) is 9.78 Å². The molecule has 1 aromatic heterocycles. The number of aromatic nitrogens is 2. The third-order valence-electron chi connectivity index (χ3n) is 2.63. The van der Waals surface area contributed by atoms with Crippen molar-refractivity contribution in [3.63, 3.8) is 0 Å². The SMILES string of the molecule is Cn1ncc(-c2c(F)cccc2S(C)(=O)=O)c1N. The number of aryl methyl sites for hydroxylation is 1. The lowest BCUT2D eigenvalue weighted by molar-refractivity contribution is 0.597. The Morgan fingerprint density at radius 1 is 1.39 bits per heavy atom. The summed E-state index contributed by atoms with van der Waals surface area (Å²) in [4.78, 5) is -0.0952. The van der Waals surface area contributed by atoms with E-state index in [0.717, 1.165) is 6.26 Å². The van der Waals surface area contributed by atoms with Crippen molar-refractivity contribution in [2.24, 2.45) is 7.05 Å². The lowest BCUT2D eigenvalue weighted by Gasteiger charge is -2.08. The minimum absolute atomic E-state index is 0.0365. The molecular formula is C11H12FN3O2S. The monoisotopic (exact) mass is 269 g/mol. The molecule has 96 valence electrons. The molecule has 2 aromatic rings. The second-order valence-electron chi connectivity index (χ2n) is 3.95. The van der Waals surface area contributed by atoms with Crippen molar-refractivity contribution in [2.75, 3.05) is 12.0 Å². The molecule has 1 aromatic carbocycles. The van der Waals surface area contributed by atoms with Crippen molar-refractivity contribution in [2.45, 2.75) is 4.90 Å². The van der Waals surface area contributed by atoms with Gasteiger partial charge in [0.25, 0.3) is 0 Å². The van der Waals surface area contributed by atoms with E-state index < -0.39 is 15.7 Å². The standard InChI is InChI=1S/C11H12FN3O2S/c1-15-11(13)7(6-14-15)10-8(12)4-3-5-9(10)18(2,16)17/h3-6H,13H2,1-2H3. The van der Waals surface area contributed by atoms with Gasteiger partial charge in [0.15, 0.2) is 9.84 Å². The first-order valence-corrected chi connectivity index (χ1v) is 6.98. The van der Waals surface area contributed by atoms with Crippen LogP contribution in [-0.4, -0.2) is 24.5 Å². The highest BCUT2D eigenvalue weighted by Gasteiger charge is 2.21. The van der Waals surface area contributed by atoms with Gasteiger partial charge in [-0.3, -0.25) is 4.68 Å². The van der Waals surface area contributed by atoms with E-state index >= 15 is 0 Å². The Bertz CT molecular complexity index is 707. The number of sulfone groups is 1. The maximum Gasteiger partial charge on any atom is 0.176 e. The normalized spacial score (nSPS) is 11.7. The van der Waals surface area contributed by atoms with Gasteiger partial charge in [0.2, 0.25) is 0 Å². The number of anilines is 1. The van der Waals surface area contributed by atoms with Crippen molar-refractivity contribution < 1.29 is 12.8 Å². The van der Waals surface area contributed by atoms with Crippen LogP contribution in [0.3, 0.4) is 0 Å². The fraction of sp³-hybridized carbons (Fsp3) is 0.182. The smallest absolute Gasteiger partial charge is 0.176 e. The zero-order valence-electron chi connectivity index (χ0n) is 9.88. The molecular weight excluding hydrogens is 257 g/mol. The molecule has 7 heteroatoms. The summed E-state index contributed by atoms with van der Waals surface area (Å²) in [5, 5.41) is 3.89. The minimum atomic E-state index is -3.54. The molecule has 5 nitrogen and oxygen atoms in total. The Morgan fingerprint density at radius 2 is 2.06 bits per heavy atom. The number of nitrogen functional groups attached to an aromatic ring is 1. The van der Waals surface area contributed by atoms with Crippen LogP contribution in [-0.2, 0) is 16.9 Å². The van der Waals surface area contributed by atoms with Gasteiger partial charge in [0.1, 0.15) is 11.6 Å². The molecule has 0 aliphatic heterocycles. The topological polar surface area (TPSA) is 78.0 Å². The fourth-order valence-corrected chi connectivity index (χ4v) is 2.62. The van der Waals surface area contributed by atoms with Crippen LogP contribution in [0.15, 0.2) is 29.3 Å². The molecule has 0 unspecified atom stereocenters. The van der Waals surface area contributed by atoms with E-state index in [0.29, 0.717) is 0 Å². The zero-order chi connectivity index (χ0) is 13.5. The van der Waals surface area contributed by atoms with Crippen LogP contribution in [0.25, 0.3) is 11.1 Å². The summed E-state index contributed by atoms with van der Waals surface area (Å²) >= 11 is 0. The molecule has 0 spiro atoms. The predicted octanol–water partition coefficient (Wildman–Crippen LogP) is 1.21. The number of nitrogens with zero attached hydrogens (tertiary/aromatic N) is 2. The van der Waals surface area contributed by atoms with Crippen LogP contribution in [0.1, 0.15) is 0 Å². The molecule has 0 bridgehead atoms. The van der Waals surface area contributed by atoms with Crippen molar-refractivity contribution in [3.05, 3.63) is 30.2 Å². The van der Waals surface area contributed by atoms with Gasteiger partial charge in [0, 0.05) is 24.4 Å². The Morgan fingerprint density at radius 3 is 2.56 bits per heavy atom. The Kier molecular flexibility index (Phi) is 2.86. The largest absolute Gasteiger partial charge is 0.383 e. The van der Waals surface area contributed by atoms with Crippen LogP contribution in [0.5, 0.6) is 0 Å². The van der Waals surface area contributed by atoms with Crippen molar-refractivity contribution in [3.8, 4) is 11.1 Å². The third kappa shape index (κ3) is 1.97. The van der Waals surface area contributed by atoms with E-state index in [1.54, 1.807) is 7.05 Å². The first kappa shape index (κ1) is 12.6. The molecule has 0 radical (unpaired) electrons. The maximum absolute atomic E-state index is 13.9. The van der Waals surface area contributed by atoms with Crippen LogP contribution in [0.4, 0.5) is 10.2 Å². The van der Waals surface area contributed by atoms with E-state index in [9.17, 15) is 12.8 Å². The molecule has 0 fully saturated rings. The van der Waals surface area contributed by atoms with Gasteiger partial charge >= 0.3 is 0 Å². The van der Waals surface area contributed by atoms with Gasteiger partial charge in [-0.15, -0.1) is 0 Å². The second-order valence-corrected chi connectivity index (χ2v) is 5.94. The van der Waals surface area contributed by atoms with E-state index in [2.05, 4.69) is 5.10 Å². The first-order valence-electron chi connectivity index (χ1n) is 5.09. The predicted molar refractivity (Wildman–Crippen MR) is 66.1 cm³/mol. The van der Waals surface area contributed by atoms with Gasteiger partial charge in [-0.05, 0) is 12.1 Å². The van der Waals surface area contributed by atoms with Gasteiger partial charge in [-0.2, -0.15) is 5.10 Å². The summed E-state index contributed by atoms with van der Waals surface area (Å²) in [5.41, 5.74) is 5.99. The number of hydrogen-bond donors (Lipinski definition) is 1. The summed E-state index contributed by atoms with van der Waals surface area (Å²) in [6.07, 6.45) is 2.38. The van der Waals surface area contributed by atoms with E-state index in [-0.39, 0.29) is 21.8 Å². The lowest BCUT2D eigenvalue weighted by Crippen LogP contribution is -2.04. The molecule has 0 saturated heterocycles. The highest BCUT2D eigenvalue weighted by molar-refractivity contribution is 7.90. The lowest BCUT2D eigenvalue weighted by atomic mass is 10.1. The quantitative estimate of drug-likeness (QED) is 0.889. The summed E-state index contributed by atoms with van der Waals surface area (Å²) in [6.45, 7) is 0. The summed E-state index contributed by atoms with van der Waals surface area (Å²) < 4.78 is 38.6. The molecule has 2 N–H and O–H groups in total. The van der Waals surface area contributed by atoms with Gasteiger partial charge in [0.05, 0.1) is 11.1 Å². The van der Waals surface area contributed by atoms with Crippen LogP contribution in [0.2, 0.25) is 0 Å². The average molecular weight is 269 g/mol. The number of nitrogens with two attached hydrogens (primary N) is 1. The van der Waals surface area contributed by atoms with Crippen molar-refractivity contribution in [1.29, 1.82) is 0 Å². The minimum Gasteiger partial charge on any atom is -0.383 e.